The van der Waals surface area contributed by atoms with Crippen molar-refractivity contribution in [2.75, 3.05) is 18.1 Å². The van der Waals surface area contributed by atoms with Crippen LogP contribution in [0.1, 0.15) is 52.4 Å². The fourth-order valence-corrected chi connectivity index (χ4v) is 3.76. The number of carbonyl (C=O) groups is 1. The van der Waals surface area contributed by atoms with Gasteiger partial charge in [0.15, 0.2) is 0 Å². The molecule has 0 aliphatic rings. The van der Waals surface area contributed by atoms with E-state index in [0.29, 0.717) is 6.61 Å². The van der Waals surface area contributed by atoms with Gasteiger partial charge in [0.25, 0.3) is 0 Å². The van der Waals surface area contributed by atoms with Gasteiger partial charge in [0.2, 0.25) is 0 Å². The van der Waals surface area contributed by atoms with Crippen LogP contribution in [0.3, 0.4) is 0 Å². The molecule has 0 N–H and O–H groups in total. The van der Waals surface area contributed by atoms with Crippen LogP contribution in [-0.2, 0) is 9.53 Å². The zero-order valence-electron chi connectivity index (χ0n) is 12.9. The standard InChI is InChI=1S/C16H28O2S2/c1-4-16(17)18-12-8-5-6-9-13-19-20-14-10-7-11-15(2)3/h4,11H,1,5-10,12-14H2,2-3H3. The minimum absolute atomic E-state index is 0.315. The Morgan fingerprint density at radius 2 is 1.70 bits per heavy atom. The Bertz CT molecular complexity index is 284. The smallest absolute Gasteiger partial charge is 0.330 e. The molecular formula is C16H28O2S2. The molecule has 0 aromatic rings. The van der Waals surface area contributed by atoms with Gasteiger partial charge < -0.3 is 4.74 Å². The predicted molar refractivity (Wildman–Crippen MR) is 93.2 cm³/mol. The minimum atomic E-state index is -0.315. The summed E-state index contributed by atoms with van der Waals surface area (Å²) in [5, 5.41) is 0. The van der Waals surface area contributed by atoms with Crippen LogP contribution in [0.4, 0.5) is 0 Å². The molecule has 0 atom stereocenters. The maximum absolute atomic E-state index is 10.8. The number of esters is 1. The van der Waals surface area contributed by atoms with Gasteiger partial charge in [-0.1, -0.05) is 52.7 Å². The second-order valence-electron chi connectivity index (χ2n) is 4.85. The highest BCUT2D eigenvalue weighted by molar-refractivity contribution is 8.76. The number of ether oxygens (including phenoxy) is 1. The van der Waals surface area contributed by atoms with Crippen LogP contribution in [0.2, 0.25) is 0 Å². The fourth-order valence-electron chi connectivity index (χ4n) is 1.50. The van der Waals surface area contributed by atoms with Crippen LogP contribution in [0.15, 0.2) is 24.3 Å². The van der Waals surface area contributed by atoms with Gasteiger partial charge in [-0.3, -0.25) is 0 Å². The molecule has 0 fully saturated rings. The highest BCUT2D eigenvalue weighted by Crippen LogP contribution is 2.24. The van der Waals surface area contributed by atoms with E-state index >= 15 is 0 Å². The lowest BCUT2D eigenvalue weighted by atomic mass is 10.2. The first-order valence-corrected chi connectivity index (χ1v) is 9.82. The summed E-state index contributed by atoms with van der Waals surface area (Å²) in [6, 6.07) is 0. The molecular weight excluding hydrogens is 288 g/mol. The highest BCUT2D eigenvalue weighted by Gasteiger charge is 1.96. The number of hydrogen-bond acceptors (Lipinski definition) is 4. The van der Waals surface area contributed by atoms with Crippen LogP contribution < -0.4 is 0 Å². The summed E-state index contributed by atoms with van der Waals surface area (Å²) in [4.78, 5) is 10.8. The molecule has 0 radical (unpaired) electrons. The molecule has 0 amide bonds. The first kappa shape index (κ1) is 19.7. The summed E-state index contributed by atoms with van der Waals surface area (Å²) >= 11 is 0. The predicted octanol–water partition coefficient (Wildman–Crippen LogP) is 5.40. The quantitative estimate of drug-likeness (QED) is 0.149. The van der Waals surface area contributed by atoms with Gasteiger partial charge in [0, 0.05) is 17.6 Å². The van der Waals surface area contributed by atoms with Gasteiger partial charge in [0.05, 0.1) is 6.61 Å². The van der Waals surface area contributed by atoms with E-state index in [1.165, 1.54) is 48.8 Å². The Morgan fingerprint density at radius 3 is 2.35 bits per heavy atom. The van der Waals surface area contributed by atoms with Crippen molar-refractivity contribution in [2.45, 2.75) is 52.4 Å². The molecule has 20 heavy (non-hydrogen) atoms. The summed E-state index contributed by atoms with van der Waals surface area (Å²) in [5.74, 6) is 2.15. The van der Waals surface area contributed by atoms with E-state index in [2.05, 4.69) is 26.5 Å². The van der Waals surface area contributed by atoms with Gasteiger partial charge in [-0.15, -0.1) is 0 Å². The molecule has 0 aliphatic carbocycles. The monoisotopic (exact) mass is 316 g/mol. The molecule has 0 aliphatic heterocycles. The van der Waals surface area contributed by atoms with Gasteiger partial charge in [-0.2, -0.15) is 0 Å². The van der Waals surface area contributed by atoms with Crippen LogP contribution >= 0.6 is 21.6 Å². The molecule has 0 aromatic carbocycles. The third-order valence-corrected chi connectivity index (χ3v) is 5.18. The number of rotatable bonds is 13. The van der Waals surface area contributed by atoms with Crippen LogP contribution in [0, 0.1) is 0 Å². The Labute approximate surface area is 132 Å². The topological polar surface area (TPSA) is 26.3 Å². The molecule has 2 nitrogen and oxygen atoms in total. The number of unbranched alkanes of at least 4 members (excludes halogenated alkanes) is 4. The van der Waals surface area contributed by atoms with E-state index < -0.39 is 0 Å². The molecule has 0 heterocycles. The summed E-state index contributed by atoms with van der Waals surface area (Å²) in [6.07, 6.45) is 10.6. The van der Waals surface area contributed by atoms with E-state index in [0.717, 1.165) is 12.8 Å². The van der Waals surface area contributed by atoms with E-state index in [-0.39, 0.29) is 5.97 Å². The maximum atomic E-state index is 10.8. The first-order valence-electron chi connectivity index (χ1n) is 7.33. The third kappa shape index (κ3) is 15.7. The first-order chi connectivity index (χ1) is 9.66. The number of carbonyl (C=O) groups excluding carboxylic acids is 1. The highest BCUT2D eigenvalue weighted by atomic mass is 33.1. The SMILES string of the molecule is C=CC(=O)OCCCCCCSSCCCC=C(C)C. The Hall–Kier alpha value is -0.350. The lowest BCUT2D eigenvalue weighted by Gasteiger charge is -2.03. The zero-order valence-corrected chi connectivity index (χ0v) is 14.5. The normalized spacial score (nSPS) is 10.1. The molecule has 0 rings (SSSR count). The molecule has 116 valence electrons. The van der Waals surface area contributed by atoms with Crippen molar-refractivity contribution in [1.82, 2.24) is 0 Å². The van der Waals surface area contributed by atoms with Crippen LogP contribution in [0.5, 0.6) is 0 Å². The van der Waals surface area contributed by atoms with Gasteiger partial charge >= 0.3 is 5.97 Å². The Kier molecular flexibility index (Phi) is 14.8. The number of hydrogen-bond donors (Lipinski definition) is 0. The fraction of sp³-hybridized carbons (Fsp3) is 0.688. The summed E-state index contributed by atoms with van der Waals surface area (Å²) in [7, 11) is 3.97. The maximum Gasteiger partial charge on any atom is 0.330 e. The van der Waals surface area contributed by atoms with Gasteiger partial charge in [-0.25, -0.2) is 4.79 Å². The van der Waals surface area contributed by atoms with Crippen molar-refractivity contribution in [2.24, 2.45) is 0 Å². The third-order valence-electron chi connectivity index (χ3n) is 2.60. The Morgan fingerprint density at radius 1 is 1.05 bits per heavy atom. The average molecular weight is 317 g/mol. The van der Waals surface area contributed by atoms with Crippen molar-refractivity contribution in [3.63, 3.8) is 0 Å². The molecule has 4 heteroatoms. The second-order valence-corrected chi connectivity index (χ2v) is 7.56. The summed E-state index contributed by atoms with van der Waals surface area (Å²) < 4.78 is 4.92. The van der Waals surface area contributed by atoms with Crippen LogP contribution in [0.25, 0.3) is 0 Å². The summed E-state index contributed by atoms with van der Waals surface area (Å²) in [6.45, 7) is 8.19. The van der Waals surface area contributed by atoms with Crippen molar-refractivity contribution < 1.29 is 9.53 Å². The molecule has 0 bridgehead atoms. The van der Waals surface area contributed by atoms with Gasteiger partial charge in [-0.05, 0) is 39.5 Å². The largest absolute Gasteiger partial charge is 0.463 e. The van der Waals surface area contributed by atoms with Crippen LogP contribution in [-0.4, -0.2) is 24.1 Å². The second kappa shape index (κ2) is 15.0. The molecule has 0 saturated carbocycles. The lowest BCUT2D eigenvalue weighted by molar-refractivity contribution is -0.137. The molecule has 0 saturated heterocycles. The lowest BCUT2D eigenvalue weighted by Crippen LogP contribution is -2.01. The Balaban J connectivity index is 3.08. The summed E-state index contributed by atoms with van der Waals surface area (Å²) in [5.41, 5.74) is 1.42. The zero-order chi connectivity index (χ0) is 15.1. The average Bonchev–Trinajstić information content (AvgIpc) is 2.43. The van der Waals surface area contributed by atoms with E-state index in [9.17, 15) is 4.79 Å². The van der Waals surface area contributed by atoms with Crippen molar-refractivity contribution in [3.8, 4) is 0 Å². The van der Waals surface area contributed by atoms with E-state index in [4.69, 9.17) is 4.74 Å². The molecule has 0 spiro atoms. The van der Waals surface area contributed by atoms with Crippen molar-refractivity contribution in [1.29, 1.82) is 0 Å². The number of allylic oxidation sites excluding steroid dienone is 2. The van der Waals surface area contributed by atoms with E-state index in [1.807, 2.05) is 21.6 Å². The van der Waals surface area contributed by atoms with Crippen molar-refractivity contribution in [3.05, 3.63) is 24.3 Å². The minimum Gasteiger partial charge on any atom is -0.463 e. The van der Waals surface area contributed by atoms with E-state index in [1.54, 1.807) is 0 Å². The molecule has 0 unspecified atom stereocenters. The van der Waals surface area contributed by atoms with Crippen molar-refractivity contribution >= 4 is 27.6 Å². The molecule has 0 aromatic heterocycles. The van der Waals surface area contributed by atoms with Gasteiger partial charge in [0.1, 0.15) is 0 Å².